The van der Waals surface area contributed by atoms with Gasteiger partial charge in [-0.1, -0.05) is 6.07 Å². The molecule has 0 amide bonds. The van der Waals surface area contributed by atoms with Crippen LogP contribution < -0.4 is 5.32 Å². The molecule has 0 aliphatic rings. The predicted octanol–water partition coefficient (Wildman–Crippen LogP) is 4.06. The molecule has 2 aromatic rings. The number of hydrogen-bond acceptors (Lipinski definition) is 3. The fraction of sp³-hybridized carbons (Fsp3) is 0.400. The van der Waals surface area contributed by atoms with Crippen molar-refractivity contribution in [1.29, 1.82) is 0 Å². The van der Waals surface area contributed by atoms with Crippen molar-refractivity contribution >= 4 is 11.3 Å². The summed E-state index contributed by atoms with van der Waals surface area (Å²) in [4.78, 5) is 5.72. The Morgan fingerprint density at radius 2 is 2.05 bits per heavy atom. The van der Waals surface area contributed by atoms with Crippen LogP contribution >= 0.6 is 11.3 Å². The number of nitrogens with zero attached hydrogens (tertiary/aromatic N) is 1. The minimum atomic E-state index is -0.178. The van der Waals surface area contributed by atoms with Crippen LogP contribution in [0.25, 0.3) is 0 Å². The van der Waals surface area contributed by atoms with Crippen molar-refractivity contribution in [2.45, 2.75) is 40.3 Å². The van der Waals surface area contributed by atoms with E-state index in [9.17, 15) is 4.39 Å². The van der Waals surface area contributed by atoms with Gasteiger partial charge in [0.2, 0.25) is 0 Å². The molecule has 0 radical (unpaired) electrons. The summed E-state index contributed by atoms with van der Waals surface area (Å²) in [6.07, 6.45) is 0. The van der Waals surface area contributed by atoms with Crippen LogP contribution in [-0.4, -0.2) is 4.98 Å². The maximum Gasteiger partial charge on any atom is 0.123 e. The summed E-state index contributed by atoms with van der Waals surface area (Å²) in [7, 11) is 0. The van der Waals surface area contributed by atoms with Crippen molar-refractivity contribution in [3.63, 3.8) is 0 Å². The lowest BCUT2D eigenvalue weighted by molar-refractivity contribution is 0.575. The summed E-state index contributed by atoms with van der Waals surface area (Å²) in [5.74, 6) is -0.178. The van der Waals surface area contributed by atoms with E-state index in [0.29, 0.717) is 0 Å². The first kappa shape index (κ1) is 14.2. The molecule has 4 heteroatoms. The van der Waals surface area contributed by atoms with E-state index in [4.69, 9.17) is 0 Å². The molecule has 1 heterocycles. The Hall–Kier alpha value is -1.26. The molecule has 0 spiro atoms. The molecule has 0 saturated heterocycles. The van der Waals surface area contributed by atoms with Crippen molar-refractivity contribution in [1.82, 2.24) is 10.3 Å². The maximum absolute atomic E-state index is 13.0. The van der Waals surface area contributed by atoms with Crippen LogP contribution in [0, 0.1) is 26.6 Å². The number of hydrogen-bond donors (Lipinski definition) is 1. The Balaban J connectivity index is 2.04. The van der Waals surface area contributed by atoms with Crippen molar-refractivity contribution in [2.24, 2.45) is 0 Å². The first-order valence-corrected chi connectivity index (χ1v) is 7.21. The molecule has 0 bridgehead atoms. The van der Waals surface area contributed by atoms with Gasteiger partial charge in [-0.15, -0.1) is 11.3 Å². The Morgan fingerprint density at radius 1 is 1.32 bits per heavy atom. The van der Waals surface area contributed by atoms with E-state index in [1.165, 1.54) is 10.9 Å². The number of aromatic nitrogens is 1. The van der Waals surface area contributed by atoms with E-state index in [1.807, 2.05) is 26.8 Å². The van der Waals surface area contributed by atoms with Gasteiger partial charge in [0, 0.05) is 17.5 Å². The van der Waals surface area contributed by atoms with Crippen LogP contribution in [-0.2, 0) is 6.54 Å². The topological polar surface area (TPSA) is 24.9 Å². The second kappa shape index (κ2) is 5.80. The monoisotopic (exact) mass is 278 g/mol. The largest absolute Gasteiger partial charge is 0.305 e. The number of thiazole rings is 1. The minimum absolute atomic E-state index is 0.178. The van der Waals surface area contributed by atoms with Crippen molar-refractivity contribution in [3.05, 3.63) is 50.7 Å². The average molecular weight is 278 g/mol. The molecule has 1 N–H and O–H groups in total. The van der Waals surface area contributed by atoms with E-state index in [2.05, 4.69) is 17.2 Å². The van der Waals surface area contributed by atoms with Crippen molar-refractivity contribution in [2.75, 3.05) is 0 Å². The van der Waals surface area contributed by atoms with E-state index < -0.39 is 0 Å². The average Bonchev–Trinajstić information content (AvgIpc) is 2.67. The Morgan fingerprint density at radius 3 is 2.63 bits per heavy atom. The lowest BCUT2D eigenvalue weighted by Crippen LogP contribution is -2.18. The van der Waals surface area contributed by atoms with Gasteiger partial charge in [0.05, 0.1) is 10.7 Å². The van der Waals surface area contributed by atoms with E-state index in [1.54, 1.807) is 17.4 Å². The molecule has 2 nitrogen and oxygen atoms in total. The molecule has 0 saturated carbocycles. The number of rotatable bonds is 4. The highest BCUT2D eigenvalue weighted by Crippen LogP contribution is 2.24. The molecule has 1 unspecified atom stereocenters. The van der Waals surface area contributed by atoms with Gasteiger partial charge < -0.3 is 5.32 Å². The Bertz CT molecular complexity index is 578. The SMILES string of the molecule is Cc1nc(C)c(C(C)NCc2ccc(F)cc2C)s1. The molecule has 0 aliphatic carbocycles. The van der Waals surface area contributed by atoms with Crippen molar-refractivity contribution < 1.29 is 4.39 Å². The van der Waals surface area contributed by atoms with Crippen LogP contribution in [0.3, 0.4) is 0 Å². The first-order valence-electron chi connectivity index (χ1n) is 6.39. The zero-order valence-corrected chi connectivity index (χ0v) is 12.6. The third-order valence-electron chi connectivity index (χ3n) is 3.24. The molecule has 1 aromatic carbocycles. The third kappa shape index (κ3) is 3.39. The highest BCUT2D eigenvalue weighted by atomic mass is 32.1. The highest BCUT2D eigenvalue weighted by molar-refractivity contribution is 7.11. The Kier molecular flexibility index (Phi) is 4.32. The standard InChI is InChI=1S/C15H19FN2S/c1-9-7-14(16)6-5-13(9)8-17-10(2)15-11(3)18-12(4)19-15/h5-7,10,17H,8H2,1-4H3. The van der Waals surface area contributed by atoms with Gasteiger partial charge in [0.1, 0.15) is 5.82 Å². The summed E-state index contributed by atoms with van der Waals surface area (Å²) < 4.78 is 13.0. The van der Waals surface area contributed by atoms with Crippen LogP contribution in [0.1, 0.15) is 39.7 Å². The maximum atomic E-state index is 13.0. The van der Waals surface area contributed by atoms with E-state index >= 15 is 0 Å². The summed E-state index contributed by atoms with van der Waals surface area (Å²) in [5.41, 5.74) is 3.21. The second-order valence-electron chi connectivity index (χ2n) is 4.86. The summed E-state index contributed by atoms with van der Waals surface area (Å²) >= 11 is 1.73. The van der Waals surface area contributed by atoms with Gasteiger partial charge in [-0.3, -0.25) is 0 Å². The van der Waals surface area contributed by atoms with Gasteiger partial charge in [0.25, 0.3) is 0 Å². The van der Waals surface area contributed by atoms with Crippen LogP contribution in [0.4, 0.5) is 4.39 Å². The van der Waals surface area contributed by atoms with Crippen LogP contribution in [0.2, 0.25) is 0 Å². The van der Waals surface area contributed by atoms with Crippen molar-refractivity contribution in [3.8, 4) is 0 Å². The zero-order chi connectivity index (χ0) is 14.0. The quantitative estimate of drug-likeness (QED) is 0.912. The first-order chi connectivity index (χ1) is 8.97. The lowest BCUT2D eigenvalue weighted by atomic mass is 10.1. The van der Waals surface area contributed by atoms with Gasteiger partial charge in [-0.25, -0.2) is 9.37 Å². The molecule has 1 aromatic heterocycles. The molecule has 0 aliphatic heterocycles. The number of benzene rings is 1. The lowest BCUT2D eigenvalue weighted by Gasteiger charge is -2.14. The van der Waals surface area contributed by atoms with Gasteiger partial charge in [0.15, 0.2) is 0 Å². The highest BCUT2D eigenvalue weighted by Gasteiger charge is 2.12. The number of halogens is 1. The third-order valence-corrected chi connectivity index (χ3v) is 4.49. The van der Waals surface area contributed by atoms with Gasteiger partial charge >= 0.3 is 0 Å². The molecule has 2 rings (SSSR count). The predicted molar refractivity (Wildman–Crippen MR) is 78.0 cm³/mol. The van der Waals surface area contributed by atoms with Gasteiger partial charge in [-0.2, -0.15) is 0 Å². The second-order valence-corrected chi connectivity index (χ2v) is 6.09. The molecule has 0 fully saturated rings. The van der Waals surface area contributed by atoms with Crippen LogP contribution in [0.15, 0.2) is 18.2 Å². The van der Waals surface area contributed by atoms with E-state index in [-0.39, 0.29) is 11.9 Å². The molecular weight excluding hydrogens is 259 g/mol. The smallest absolute Gasteiger partial charge is 0.123 e. The molecular formula is C15H19FN2S. The molecule has 102 valence electrons. The minimum Gasteiger partial charge on any atom is -0.305 e. The number of aryl methyl sites for hydroxylation is 3. The summed E-state index contributed by atoms with van der Waals surface area (Å²) in [6.45, 7) is 8.88. The molecule has 1 atom stereocenters. The fourth-order valence-corrected chi connectivity index (χ4v) is 3.12. The van der Waals surface area contributed by atoms with Gasteiger partial charge in [-0.05, 0) is 51.0 Å². The van der Waals surface area contributed by atoms with Crippen LogP contribution in [0.5, 0.6) is 0 Å². The fourth-order valence-electron chi connectivity index (χ4n) is 2.16. The zero-order valence-electron chi connectivity index (χ0n) is 11.7. The molecule has 19 heavy (non-hydrogen) atoms. The normalized spacial score (nSPS) is 12.7. The Labute approximate surface area is 117 Å². The summed E-state index contributed by atoms with van der Waals surface area (Å²) in [6, 6.07) is 5.19. The number of nitrogens with one attached hydrogen (secondary N) is 1. The summed E-state index contributed by atoms with van der Waals surface area (Å²) in [5, 5.41) is 4.57. The van der Waals surface area contributed by atoms with E-state index in [0.717, 1.165) is 28.4 Å².